The molecule has 144 valence electrons. The Morgan fingerprint density at radius 1 is 1.31 bits per heavy atom. The summed E-state index contributed by atoms with van der Waals surface area (Å²) in [4.78, 5) is 16.6. The van der Waals surface area contributed by atoms with Crippen LogP contribution in [0.1, 0.15) is 32.1 Å². The molecule has 1 atom stereocenters. The number of piperidine rings is 1. The second-order valence-corrected chi connectivity index (χ2v) is 7.86. The fourth-order valence-electron chi connectivity index (χ4n) is 3.82. The van der Waals surface area contributed by atoms with E-state index in [0.717, 1.165) is 75.7 Å². The average molecular weight is 380 g/mol. The van der Waals surface area contributed by atoms with Crippen molar-refractivity contribution in [3.8, 4) is 0 Å². The lowest BCUT2D eigenvalue weighted by molar-refractivity contribution is 0.0619. The number of anilines is 1. The van der Waals surface area contributed by atoms with Crippen LogP contribution >= 0.6 is 11.6 Å². The summed E-state index contributed by atoms with van der Waals surface area (Å²) in [5.41, 5.74) is 1.06. The molecule has 1 unspecified atom stereocenters. The van der Waals surface area contributed by atoms with Crippen molar-refractivity contribution >= 4 is 23.3 Å². The molecule has 2 amide bonds. The Labute approximate surface area is 161 Å². The molecule has 2 aliphatic rings. The molecule has 0 aliphatic carbocycles. The third-order valence-corrected chi connectivity index (χ3v) is 5.82. The normalized spacial score (nSPS) is 21.5. The molecule has 1 aromatic rings. The monoisotopic (exact) mass is 379 g/mol. The highest BCUT2D eigenvalue weighted by Gasteiger charge is 2.24. The van der Waals surface area contributed by atoms with Crippen molar-refractivity contribution < 1.29 is 9.53 Å². The van der Waals surface area contributed by atoms with Crippen LogP contribution in [0.25, 0.3) is 0 Å². The molecule has 1 N–H and O–H groups in total. The van der Waals surface area contributed by atoms with E-state index < -0.39 is 0 Å². The molecule has 2 fully saturated rings. The Balaban J connectivity index is 1.46. The van der Waals surface area contributed by atoms with Crippen molar-refractivity contribution in [1.82, 2.24) is 10.2 Å². The molecule has 2 saturated heterocycles. The van der Waals surface area contributed by atoms with Crippen molar-refractivity contribution in [3.05, 3.63) is 29.3 Å². The molecule has 0 saturated carbocycles. The van der Waals surface area contributed by atoms with Gasteiger partial charge in [0.15, 0.2) is 0 Å². The van der Waals surface area contributed by atoms with Crippen molar-refractivity contribution in [1.29, 1.82) is 0 Å². The van der Waals surface area contributed by atoms with Gasteiger partial charge < -0.3 is 19.9 Å². The zero-order valence-corrected chi connectivity index (χ0v) is 16.4. The maximum absolute atomic E-state index is 12.5. The van der Waals surface area contributed by atoms with Gasteiger partial charge in [-0.05, 0) is 50.2 Å². The maximum atomic E-state index is 12.5. The number of para-hydroxylation sites is 1. The molecule has 0 bridgehead atoms. The molecule has 1 aromatic carbocycles. The molecular weight excluding hydrogens is 350 g/mol. The molecule has 0 aromatic heterocycles. The number of hydrogen-bond donors (Lipinski definition) is 1. The number of amides is 2. The van der Waals surface area contributed by atoms with Gasteiger partial charge in [-0.2, -0.15) is 0 Å². The van der Waals surface area contributed by atoms with Crippen LogP contribution in [-0.4, -0.2) is 56.9 Å². The molecule has 6 heteroatoms. The Hall–Kier alpha value is -1.46. The van der Waals surface area contributed by atoms with E-state index in [1.165, 1.54) is 0 Å². The topological polar surface area (TPSA) is 44.8 Å². The summed E-state index contributed by atoms with van der Waals surface area (Å²) in [6.45, 7) is 4.32. The number of benzene rings is 1. The number of ether oxygens (including phenoxy) is 1. The third kappa shape index (κ3) is 5.27. The molecule has 2 heterocycles. The lowest BCUT2D eigenvalue weighted by Gasteiger charge is -2.36. The van der Waals surface area contributed by atoms with Crippen LogP contribution in [0, 0.1) is 5.92 Å². The van der Waals surface area contributed by atoms with Gasteiger partial charge in [0.25, 0.3) is 0 Å². The van der Waals surface area contributed by atoms with Gasteiger partial charge in [-0.25, -0.2) is 4.79 Å². The van der Waals surface area contributed by atoms with Gasteiger partial charge in [-0.15, -0.1) is 0 Å². The van der Waals surface area contributed by atoms with E-state index in [1.807, 2.05) is 36.2 Å². The van der Waals surface area contributed by atoms with Crippen LogP contribution in [0.3, 0.4) is 0 Å². The van der Waals surface area contributed by atoms with Crippen LogP contribution in [0.2, 0.25) is 5.02 Å². The summed E-state index contributed by atoms with van der Waals surface area (Å²) in [6, 6.07) is 8.12. The quantitative estimate of drug-likeness (QED) is 0.847. The van der Waals surface area contributed by atoms with E-state index in [2.05, 4.69) is 10.2 Å². The highest BCUT2D eigenvalue weighted by Crippen LogP contribution is 2.27. The zero-order valence-electron chi connectivity index (χ0n) is 15.6. The summed E-state index contributed by atoms with van der Waals surface area (Å²) in [6.07, 6.45) is 5.36. The largest absolute Gasteiger partial charge is 0.381 e. The minimum atomic E-state index is 0.0306. The number of nitrogens with one attached hydrogen (secondary N) is 1. The van der Waals surface area contributed by atoms with E-state index >= 15 is 0 Å². The number of halogens is 1. The van der Waals surface area contributed by atoms with Gasteiger partial charge in [-0.1, -0.05) is 23.7 Å². The average Bonchev–Trinajstić information content (AvgIpc) is 2.67. The summed E-state index contributed by atoms with van der Waals surface area (Å²) < 4.78 is 5.40. The molecule has 0 spiro atoms. The first-order chi connectivity index (χ1) is 12.6. The maximum Gasteiger partial charge on any atom is 0.317 e. The van der Waals surface area contributed by atoms with Crippen LogP contribution in [0.4, 0.5) is 10.5 Å². The van der Waals surface area contributed by atoms with Crippen LogP contribution in [-0.2, 0) is 4.74 Å². The molecule has 5 nitrogen and oxygen atoms in total. The number of rotatable bonds is 5. The summed E-state index contributed by atoms with van der Waals surface area (Å²) in [7, 11) is 1.89. The number of carbonyl (C=O) groups is 1. The molecule has 2 aliphatic heterocycles. The number of hydrogen-bond acceptors (Lipinski definition) is 3. The fourth-order valence-corrected chi connectivity index (χ4v) is 4.07. The number of nitrogens with zero attached hydrogens (tertiary/aromatic N) is 2. The van der Waals surface area contributed by atoms with Crippen LogP contribution in [0.5, 0.6) is 0 Å². The van der Waals surface area contributed by atoms with Gasteiger partial charge in [0.2, 0.25) is 0 Å². The van der Waals surface area contributed by atoms with E-state index in [1.54, 1.807) is 0 Å². The smallest absolute Gasteiger partial charge is 0.317 e. The standard InChI is InChI=1S/C20H30ClN3O2/c1-23(12-8-16-9-13-26-14-10-16)20(25)22-17-5-4-11-24(15-17)19-7-3-2-6-18(19)21/h2-3,6-7,16-17H,4-5,8-15H2,1H3,(H,22,25). The van der Waals surface area contributed by atoms with Crippen molar-refractivity contribution in [2.24, 2.45) is 5.92 Å². The first-order valence-electron chi connectivity index (χ1n) is 9.72. The van der Waals surface area contributed by atoms with Gasteiger partial charge in [-0.3, -0.25) is 0 Å². The minimum absolute atomic E-state index is 0.0306. The predicted octanol–water partition coefficient (Wildman–Crippen LogP) is 3.77. The van der Waals surface area contributed by atoms with Gasteiger partial charge in [0.05, 0.1) is 10.7 Å². The van der Waals surface area contributed by atoms with Gasteiger partial charge >= 0.3 is 6.03 Å². The number of carbonyl (C=O) groups excluding carboxylic acids is 1. The van der Waals surface area contributed by atoms with Crippen molar-refractivity contribution in [3.63, 3.8) is 0 Å². The van der Waals surface area contributed by atoms with E-state index in [0.29, 0.717) is 5.92 Å². The number of urea groups is 1. The highest BCUT2D eigenvalue weighted by molar-refractivity contribution is 6.33. The fraction of sp³-hybridized carbons (Fsp3) is 0.650. The Morgan fingerprint density at radius 3 is 2.85 bits per heavy atom. The minimum Gasteiger partial charge on any atom is -0.381 e. The second-order valence-electron chi connectivity index (χ2n) is 7.45. The van der Waals surface area contributed by atoms with E-state index in [-0.39, 0.29) is 12.1 Å². The van der Waals surface area contributed by atoms with Crippen molar-refractivity contribution in [2.45, 2.75) is 38.1 Å². The van der Waals surface area contributed by atoms with Gasteiger partial charge in [0, 0.05) is 45.9 Å². The first-order valence-corrected chi connectivity index (χ1v) is 10.1. The summed E-state index contributed by atoms with van der Waals surface area (Å²) >= 11 is 6.33. The highest BCUT2D eigenvalue weighted by atomic mass is 35.5. The van der Waals surface area contributed by atoms with Gasteiger partial charge in [0.1, 0.15) is 0 Å². The van der Waals surface area contributed by atoms with E-state index in [9.17, 15) is 4.79 Å². The predicted molar refractivity (Wildman–Crippen MR) is 106 cm³/mol. The van der Waals surface area contributed by atoms with Crippen LogP contribution < -0.4 is 10.2 Å². The third-order valence-electron chi connectivity index (χ3n) is 5.50. The Kier molecular flexibility index (Phi) is 7.03. The summed E-state index contributed by atoms with van der Waals surface area (Å²) in [5, 5.41) is 3.97. The molecule has 26 heavy (non-hydrogen) atoms. The zero-order chi connectivity index (χ0) is 18.4. The van der Waals surface area contributed by atoms with E-state index in [4.69, 9.17) is 16.3 Å². The lowest BCUT2D eigenvalue weighted by Crippen LogP contribution is -2.51. The molecule has 3 rings (SSSR count). The van der Waals surface area contributed by atoms with Crippen molar-refractivity contribution in [2.75, 3.05) is 44.8 Å². The molecular formula is C20H30ClN3O2. The Bertz CT molecular complexity index is 592. The lowest BCUT2D eigenvalue weighted by atomic mass is 9.96. The summed E-state index contributed by atoms with van der Waals surface area (Å²) in [5.74, 6) is 0.685. The SMILES string of the molecule is CN(CCC1CCOCC1)C(=O)NC1CCCN(c2ccccc2Cl)C1. The molecule has 0 radical (unpaired) electrons. The van der Waals surface area contributed by atoms with Crippen LogP contribution in [0.15, 0.2) is 24.3 Å². The first kappa shape index (κ1) is 19.3. The Morgan fingerprint density at radius 2 is 2.08 bits per heavy atom. The second kappa shape index (κ2) is 9.47.